The van der Waals surface area contributed by atoms with Crippen LogP contribution >= 0.6 is 0 Å². The summed E-state index contributed by atoms with van der Waals surface area (Å²) in [4.78, 5) is 2.00. The van der Waals surface area contributed by atoms with Gasteiger partial charge in [-0.15, -0.1) is 0 Å². The number of nitrogens with zero attached hydrogens (tertiary/aromatic N) is 1. The summed E-state index contributed by atoms with van der Waals surface area (Å²) in [5, 5.41) is 3.20. The van der Waals surface area contributed by atoms with E-state index in [-0.39, 0.29) is 11.6 Å². The highest BCUT2D eigenvalue weighted by molar-refractivity contribution is 5.44. The van der Waals surface area contributed by atoms with Crippen molar-refractivity contribution < 1.29 is 8.78 Å². The Morgan fingerprint density at radius 3 is 2.60 bits per heavy atom. The summed E-state index contributed by atoms with van der Waals surface area (Å²) in [6.07, 6.45) is 1.78. The zero-order valence-corrected chi connectivity index (χ0v) is 12.1. The SMILES string of the molecule is Cc1ccc(F)c(C#CC2=CNC(C)C(C)N2C)c1F. The maximum absolute atomic E-state index is 13.9. The Morgan fingerprint density at radius 2 is 1.90 bits per heavy atom. The number of benzene rings is 1. The van der Waals surface area contributed by atoms with E-state index in [0.717, 1.165) is 5.70 Å². The van der Waals surface area contributed by atoms with E-state index in [9.17, 15) is 8.78 Å². The van der Waals surface area contributed by atoms with Gasteiger partial charge in [0.05, 0.1) is 5.56 Å². The number of nitrogens with one attached hydrogen (secondary N) is 1. The molecular weight excluding hydrogens is 258 g/mol. The van der Waals surface area contributed by atoms with E-state index in [1.54, 1.807) is 13.1 Å². The third-order valence-corrected chi connectivity index (χ3v) is 3.80. The fraction of sp³-hybridized carbons (Fsp3) is 0.375. The smallest absolute Gasteiger partial charge is 0.144 e. The van der Waals surface area contributed by atoms with Crippen LogP contribution in [0.5, 0.6) is 0 Å². The second-order valence-electron chi connectivity index (χ2n) is 5.14. The summed E-state index contributed by atoms with van der Waals surface area (Å²) < 4.78 is 27.5. The van der Waals surface area contributed by atoms with Crippen LogP contribution in [0.4, 0.5) is 8.78 Å². The van der Waals surface area contributed by atoms with Gasteiger partial charge in [-0.25, -0.2) is 8.78 Å². The molecule has 106 valence electrons. The summed E-state index contributed by atoms with van der Waals surface area (Å²) in [5.74, 6) is 4.23. The molecule has 1 heterocycles. The molecule has 0 radical (unpaired) electrons. The van der Waals surface area contributed by atoms with Crippen LogP contribution in [0.2, 0.25) is 0 Å². The van der Waals surface area contributed by atoms with Gasteiger partial charge in [0.2, 0.25) is 0 Å². The van der Waals surface area contributed by atoms with Gasteiger partial charge in [0, 0.05) is 25.3 Å². The lowest BCUT2D eigenvalue weighted by atomic mass is 10.1. The van der Waals surface area contributed by atoms with Crippen LogP contribution in [0.3, 0.4) is 0 Å². The van der Waals surface area contributed by atoms with Gasteiger partial charge in [-0.2, -0.15) is 0 Å². The molecule has 1 N–H and O–H groups in total. The maximum atomic E-state index is 13.9. The second-order valence-corrected chi connectivity index (χ2v) is 5.14. The van der Waals surface area contributed by atoms with Crippen LogP contribution < -0.4 is 5.32 Å². The van der Waals surface area contributed by atoms with E-state index >= 15 is 0 Å². The minimum atomic E-state index is -0.631. The first kappa shape index (κ1) is 14.4. The van der Waals surface area contributed by atoms with Gasteiger partial charge in [-0.3, -0.25) is 0 Å². The predicted octanol–water partition coefficient (Wildman–Crippen LogP) is 2.78. The number of likely N-dealkylation sites (N-methyl/N-ethyl adjacent to an activating group) is 1. The van der Waals surface area contributed by atoms with Gasteiger partial charge in [0.25, 0.3) is 0 Å². The molecule has 1 aliphatic rings. The lowest BCUT2D eigenvalue weighted by Gasteiger charge is -2.35. The number of hydrogen-bond acceptors (Lipinski definition) is 2. The fourth-order valence-corrected chi connectivity index (χ4v) is 2.03. The van der Waals surface area contributed by atoms with Crippen LogP contribution in [0, 0.1) is 30.4 Å². The van der Waals surface area contributed by atoms with Crippen LogP contribution in [-0.2, 0) is 0 Å². The van der Waals surface area contributed by atoms with Crippen molar-refractivity contribution in [3.63, 3.8) is 0 Å². The number of aryl methyl sites for hydroxylation is 1. The van der Waals surface area contributed by atoms with E-state index in [1.807, 2.05) is 11.9 Å². The van der Waals surface area contributed by atoms with E-state index in [0.29, 0.717) is 11.6 Å². The molecule has 0 saturated carbocycles. The molecule has 2 nitrogen and oxygen atoms in total. The third-order valence-electron chi connectivity index (χ3n) is 3.80. The van der Waals surface area contributed by atoms with Crippen LogP contribution in [0.25, 0.3) is 0 Å². The van der Waals surface area contributed by atoms with Crippen molar-refractivity contribution in [3.8, 4) is 11.8 Å². The first-order valence-electron chi connectivity index (χ1n) is 6.57. The summed E-state index contributed by atoms with van der Waals surface area (Å²) in [7, 11) is 1.92. The van der Waals surface area contributed by atoms with Gasteiger partial charge in [0.1, 0.15) is 17.3 Å². The third kappa shape index (κ3) is 2.62. The molecule has 0 amide bonds. The van der Waals surface area contributed by atoms with E-state index in [2.05, 4.69) is 31.0 Å². The molecule has 4 heteroatoms. The van der Waals surface area contributed by atoms with Crippen molar-refractivity contribution in [1.82, 2.24) is 10.2 Å². The molecule has 0 bridgehead atoms. The number of hydrogen-bond donors (Lipinski definition) is 1. The minimum absolute atomic E-state index is 0.175. The highest BCUT2D eigenvalue weighted by Gasteiger charge is 2.21. The van der Waals surface area contributed by atoms with E-state index in [4.69, 9.17) is 0 Å². The normalized spacial score (nSPS) is 21.7. The average Bonchev–Trinajstić information content (AvgIpc) is 2.42. The molecule has 1 aliphatic heterocycles. The molecule has 0 saturated heterocycles. The number of rotatable bonds is 0. The molecule has 0 fully saturated rings. The van der Waals surface area contributed by atoms with Gasteiger partial charge in [-0.1, -0.05) is 12.0 Å². The largest absolute Gasteiger partial charge is 0.384 e. The molecule has 0 aromatic heterocycles. The highest BCUT2D eigenvalue weighted by atomic mass is 19.1. The highest BCUT2D eigenvalue weighted by Crippen LogP contribution is 2.17. The van der Waals surface area contributed by atoms with Gasteiger partial charge in [0.15, 0.2) is 0 Å². The van der Waals surface area contributed by atoms with Crippen molar-refractivity contribution in [2.45, 2.75) is 32.9 Å². The lowest BCUT2D eigenvalue weighted by Crippen LogP contribution is -2.47. The van der Waals surface area contributed by atoms with Crippen LogP contribution in [0.1, 0.15) is 25.0 Å². The van der Waals surface area contributed by atoms with Gasteiger partial charge < -0.3 is 10.2 Å². The first-order chi connectivity index (χ1) is 9.41. The van der Waals surface area contributed by atoms with Crippen molar-refractivity contribution in [1.29, 1.82) is 0 Å². The molecule has 2 atom stereocenters. The topological polar surface area (TPSA) is 15.3 Å². The molecule has 20 heavy (non-hydrogen) atoms. The Hall–Kier alpha value is -2.02. The quantitative estimate of drug-likeness (QED) is 0.733. The predicted molar refractivity (Wildman–Crippen MR) is 75.9 cm³/mol. The van der Waals surface area contributed by atoms with Gasteiger partial charge in [-0.05, 0) is 38.3 Å². The van der Waals surface area contributed by atoms with Crippen molar-refractivity contribution in [3.05, 3.63) is 46.8 Å². The molecule has 1 aromatic carbocycles. The van der Waals surface area contributed by atoms with E-state index < -0.39 is 11.6 Å². The average molecular weight is 276 g/mol. The monoisotopic (exact) mass is 276 g/mol. The van der Waals surface area contributed by atoms with Crippen molar-refractivity contribution in [2.75, 3.05) is 7.05 Å². The Morgan fingerprint density at radius 1 is 1.20 bits per heavy atom. The number of allylic oxidation sites excluding steroid dienone is 1. The zero-order chi connectivity index (χ0) is 14.9. The molecule has 0 aliphatic carbocycles. The second kappa shape index (κ2) is 5.54. The number of halogens is 2. The summed E-state index contributed by atoms with van der Waals surface area (Å²) in [6, 6.07) is 3.21. The van der Waals surface area contributed by atoms with Crippen LogP contribution in [-0.4, -0.2) is 24.0 Å². The molecule has 2 unspecified atom stereocenters. The summed E-state index contributed by atoms with van der Waals surface area (Å²) in [5.41, 5.74) is 0.934. The fourth-order valence-electron chi connectivity index (χ4n) is 2.03. The van der Waals surface area contributed by atoms with Crippen molar-refractivity contribution in [2.24, 2.45) is 0 Å². The van der Waals surface area contributed by atoms with Crippen molar-refractivity contribution >= 4 is 0 Å². The Kier molecular flexibility index (Phi) is 3.99. The minimum Gasteiger partial charge on any atom is -0.384 e. The summed E-state index contributed by atoms with van der Waals surface area (Å²) in [6.45, 7) is 5.74. The summed E-state index contributed by atoms with van der Waals surface area (Å²) >= 11 is 0. The molecule has 1 aromatic rings. The van der Waals surface area contributed by atoms with E-state index in [1.165, 1.54) is 12.1 Å². The Bertz CT molecular complexity index is 611. The zero-order valence-electron chi connectivity index (χ0n) is 12.1. The molecule has 0 spiro atoms. The Balaban J connectivity index is 2.35. The maximum Gasteiger partial charge on any atom is 0.144 e. The first-order valence-corrected chi connectivity index (χ1v) is 6.57. The van der Waals surface area contributed by atoms with Gasteiger partial charge >= 0.3 is 0 Å². The standard InChI is InChI=1S/C16H18F2N2/c1-10-5-8-15(17)14(16(10)18)7-6-13-9-19-11(2)12(3)20(13)4/h5,8-9,11-12,19H,1-4H3. The van der Waals surface area contributed by atoms with Crippen LogP contribution in [0.15, 0.2) is 24.0 Å². The lowest BCUT2D eigenvalue weighted by molar-refractivity contribution is 0.261. The molecular formula is C16H18F2N2. The Labute approximate surface area is 118 Å². The molecule has 2 rings (SSSR count).